The molecule has 0 heterocycles. The van der Waals surface area contributed by atoms with Gasteiger partial charge in [-0.05, 0) is 81.5 Å². The smallest absolute Gasteiger partial charge is 0.0471 e. The number of hydrogen-bond donors (Lipinski definition) is 2. The van der Waals surface area contributed by atoms with E-state index >= 15 is 0 Å². The molecule has 4 aliphatic rings. The lowest BCUT2D eigenvalue weighted by Gasteiger charge is -2.59. The zero-order valence-corrected chi connectivity index (χ0v) is 12.9. The minimum atomic E-state index is 0.293. The maximum Gasteiger partial charge on any atom is 0.0471 e. The monoisotopic (exact) mass is 265 g/mol. The van der Waals surface area contributed by atoms with E-state index in [-0.39, 0.29) is 0 Å². The fraction of sp³-hybridized carbons (Fsp3) is 1.00. The molecule has 0 saturated heterocycles. The lowest BCUT2D eigenvalue weighted by atomic mass is 9.48. The number of aliphatic hydroxyl groups excluding tert-OH is 1. The molecule has 0 amide bonds. The summed E-state index contributed by atoms with van der Waals surface area (Å²) in [6.45, 7) is 7.08. The Balaban J connectivity index is 1.67. The van der Waals surface area contributed by atoms with Crippen molar-refractivity contribution in [2.75, 3.05) is 6.61 Å². The van der Waals surface area contributed by atoms with Crippen LogP contribution in [-0.2, 0) is 0 Å². The van der Waals surface area contributed by atoms with Gasteiger partial charge >= 0.3 is 0 Å². The van der Waals surface area contributed by atoms with Crippen LogP contribution in [0.1, 0.15) is 59.3 Å². The molecule has 0 aromatic rings. The molecule has 3 atom stereocenters. The molecule has 4 aliphatic carbocycles. The summed E-state index contributed by atoms with van der Waals surface area (Å²) in [5.41, 5.74) is 0.582. The van der Waals surface area contributed by atoms with Crippen LogP contribution in [0.3, 0.4) is 0 Å². The second kappa shape index (κ2) is 5.04. The number of aliphatic hydroxyl groups is 1. The number of hydrogen-bond acceptors (Lipinski definition) is 2. The van der Waals surface area contributed by atoms with E-state index < -0.39 is 0 Å². The van der Waals surface area contributed by atoms with Gasteiger partial charge in [-0.15, -0.1) is 0 Å². The summed E-state index contributed by atoms with van der Waals surface area (Å²) >= 11 is 0. The van der Waals surface area contributed by atoms with Crippen LogP contribution in [0, 0.1) is 29.1 Å². The van der Waals surface area contributed by atoms with Crippen molar-refractivity contribution in [2.24, 2.45) is 29.1 Å². The summed E-state index contributed by atoms with van der Waals surface area (Å²) in [7, 11) is 0. The lowest BCUT2D eigenvalue weighted by molar-refractivity contribution is -0.0730. The zero-order valence-electron chi connectivity index (χ0n) is 12.9. The van der Waals surface area contributed by atoms with Gasteiger partial charge in [-0.25, -0.2) is 0 Å². The van der Waals surface area contributed by atoms with Gasteiger partial charge in [0.15, 0.2) is 0 Å². The van der Waals surface area contributed by atoms with E-state index in [2.05, 4.69) is 26.1 Å². The normalized spacial score (nSPS) is 45.2. The summed E-state index contributed by atoms with van der Waals surface area (Å²) in [4.78, 5) is 0. The molecule has 0 aromatic carbocycles. The van der Waals surface area contributed by atoms with Crippen LogP contribution < -0.4 is 5.32 Å². The number of nitrogens with one attached hydrogen (secondary N) is 1. The van der Waals surface area contributed by atoms with Crippen molar-refractivity contribution < 1.29 is 5.11 Å². The van der Waals surface area contributed by atoms with E-state index in [9.17, 15) is 5.11 Å². The highest BCUT2D eigenvalue weighted by molar-refractivity contribution is 5.05. The first-order valence-electron chi connectivity index (χ1n) is 8.39. The molecule has 2 nitrogen and oxygen atoms in total. The Hall–Kier alpha value is -0.0800. The topological polar surface area (TPSA) is 32.3 Å². The van der Waals surface area contributed by atoms with Crippen molar-refractivity contribution in [1.82, 2.24) is 5.32 Å². The molecule has 3 unspecified atom stereocenters. The lowest BCUT2D eigenvalue weighted by Crippen LogP contribution is -2.57. The van der Waals surface area contributed by atoms with Gasteiger partial charge in [-0.3, -0.25) is 0 Å². The molecule has 0 spiro atoms. The van der Waals surface area contributed by atoms with Gasteiger partial charge in [0, 0.05) is 18.7 Å². The molecule has 0 radical (unpaired) electrons. The minimum Gasteiger partial charge on any atom is -0.396 e. The summed E-state index contributed by atoms with van der Waals surface area (Å²) in [5.74, 6) is 3.44. The molecule has 2 N–H and O–H groups in total. The molecule has 0 aliphatic heterocycles. The predicted molar refractivity (Wildman–Crippen MR) is 78.9 cm³/mol. The third-order valence-corrected chi connectivity index (χ3v) is 6.66. The fourth-order valence-corrected chi connectivity index (χ4v) is 5.60. The van der Waals surface area contributed by atoms with Gasteiger partial charge in [0.25, 0.3) is 0 Å². The summed E-state index contributed by atoms with van der Waals surface area (Å²) in [6.07, 6.45) is 8.96. The van der Waals surface area contributed by atoms with Crippen molar-refractivity contribution in [3.63, 3.8) is 0 Å². The third-order valence-electron chi connectivity index (χ3n) is 6.66. The van der Waals surface area contributed by atoms with Crippen LogP contribution in [0.5, 0.6) is 0 Å². The minimum absolute atomic E-state index is 0.293. The van der Waals surface area contributed by atoms with Gasteiger partial charge in [0.05, 0.1) is 0 Å². The molecule has 4 bridgehead atoms. The first kappa shape index (κ1) is 13.9. The number of rotatable bonds is 5. The van der Waals surface area contributed by atoms with Crippen LogP contribution in [0.2, 0.25) is 0 Å². The van der Waals surface area contributed by atoms with E-state index in [1.54, 1.807) is 0 Å². The highest BCUT2D eigenvalue weighted by atomic mass is 16.3. The molecule has 4 fully saturated rings. The Labute approximate surface area is 118 Å². The van der Waals surface area contributed by atoms with Gasteiger partial charge in [0.2, 0.25) is 0 Å². The second-order valence-electron chi connectivity index (χ2n) is 8.12. The molecule has 4 saturated carbocycles. The Morgan fingerprint density at radius 3 is 1.89 bits per heavy atom. The predicted octanol–water partition coefficient (Wildman–Crippen LogP) is 3.20. The molecule has 2 heteroatoms. The van der Waals surface area contributed by atoms with Gasteiger partial charge in [-0.2, -0.15) is 0 Å². The first-order valence-corrected chi connectivity index (χ1v) is 8.39. The summed E-state index contributed by atoms with van der Waals surface area (Å²) in [5, 5.41) is 13.1. The van der Waals surface area contributed by atoms with E-state index in [0.717, 1.165) is 17.8 Å². The standard InChI is InChI=1S/C17H31NO/c1-11(10-19)12(2)18-13(3)17-7-14-4-15(8-17)6-16(5-14)9-17/h11-16,18-19H,4-10H2,1-3H3. The average Bonchev–Trinajstić information content (AvgIpc) is 2.36. The Kier molecular flexibility index (Phi) is 3.68. The molecule has 4 rings (SSSR count). The van der Waals surface area contributed by atoms with Crippen LogP contribution in [0.4, 0.5) is 0 Å². The van der Waals surface area contributed by atoms with E-state index in [0.29, 0.717) is 30.0 Å². The van der Waals surface area contributed by atoms with Crippen LogP contribution in [-0.4, -0.2) is 23.8 Å². The molecule has 110 valence electrons. The second-order valence-corrected chi connectivity index (χ2v) is 8.12. The molecule has 0 aromatic heterocycles. The average molecular weight is 265 g/mol. The van der Waals surface area contributed by atoms with Gasteiger partial charge in [0.1, 0.15) is 0 Å². The van der Waals surface area contributed by atoms with Crippen molar-refractivity contribution in [3.05, 3.63) is 0 Å². The SMILES string of the molecule is CC(CO)C(C)NC(C)C12CC3CC(CC(C3)C1)C2. The van der Waals surface area contributed by atoms with Crippen molar-refractivity contribution >= 4 is 0 Å². The largest absolute Gasteiger partial charge is 0.396 e. The van der Waals surface area contributed by atoms with Crippen LogP contribution in [0.15, 0.2) is 0 Å². The van der Waals surface area contributed by atoms with Crippen molar-refractivity contribution in [1.29, 1.82) is 0 Å². The highest BCUT2D eigenvalue weighted by Gasteiger charge is 2.53. The summed E-state index contributed by atoms with van der Waals surface area (Å²) < 4.78 is 0. The van der Waals surface area contributed by atoms with Crippen molar-refractivity contribution in [3.8, 4) is 0 Å². The van der Waals surface area contributed by atoms with Crippen molar-refractivity contribution in [2.45, 2.75) is 71.4 Å². The molecular formula is C17H31NO. The van der Waals surface area contributed by atoms with Gasteiger partial charge in [-0.1, -0.05) is 6.92 Å². The first-order chi connectivity index (χ1) is 9.02. The zero-order chi connectivity index (χ0) is 13.6. The maximum absolute atomic E-state index is 9.31. The van der Waals surface area contributed by atoms with Crippen LogP contribution >= 0.6 is 0 Å². The molecular weight excluding hydrogens is 234 g/mol. The van der Waals surface area contributed by atoms with E-state index in [1.165, 1.54) is 38.5 Å². The highest BCUT2D eigenvalue weighted by Crippen LogP contribution is 2.61. The van der Waals surface area contributed by atoms with E-state index in [1.807, 2.05) is 0 Å². The molecule has 19 heavy (non-hydrogen) atoms. The summed E-state index contributed by atoms with van der Waals surface area (Å²) in [6, 6.07) is 1.04. The fourth-order valence-electron chi connectivity index (χ4n) is 5.60. The maximum atomic E-state index is 9.31. The third kappa shape index (κ3) is 2.47. The Morgan fingerprint density at radius 1 is 1.00 bits per heavy atom. The van der Waals surface area contributed by atoms with Gasteiger partial charge < -0.3 is 10.4 Å². The Bertz CT molecular complexity index is 292. The Morgan fingerprint density at radius 2 is 1.47 bits per heavy atom. The van der Waals surface area contributed by atoms with Crippen LogP contribution in [0.25, 0.3) is 0 Å². The quantitative estimate of drug-likeness (QED) is 0.800. The van der Waals surface area contributed by atoms with E-state index in [4.69, 9.17) is 0 Å².